The molecule has 3 N–H and O–H groups in total. The highest BCUT2D eigenvalue weighted by atomic mass is 16.6. The van der Waals surface area contributed by atoms with Gasteiger partial charge in [0.15, 0.2) is 0 Å². The number of phenolic OH excluding ortho intramolecular Hbond substituents is 1. The number of non-ortho nitro benzene ring substituents is 1. The Kier molecular flexibility index (Phi) is 4.63. The first kappa shape index (κ1) is 18.5. The monoisotopic (exact) mass is 374 g/mol. The number of rotatable bonds is 4. The number of para-hydroxylation sites is 2. The summed E-state index contributed by atoms with van der Waals surface area (Å²) in [5, 5.41) is 35.0. The Balaban J connectivity index is 2.13. The van der Waals surface area contributed by atoms with Crippen LogP contribution in [0.4, 0.5) is 11.4 Å². The van der Waals surface area contributed by atoms with Crippen LogP contribution in [0.3, 0.4) is 0 Å². The highest BCUT2D eigenvalue weighted by Gasteiger charge is 2.53. The number of carbonyl (C=O) groups excluding carboxylic acids is 1. The lowest BCUT2D eigenvalue weighted by Crippen LogP contribution is -2.58. The van der Waals surface area contributed by atoms with Gasteiger partial charge in [0, 0.05) is 17.7 Å². The highest BCUT2D eigenvalue weighted by Crippen LogP contribution is 2.44. The Labute approximate surface area is 154 Å². The van der Waals surface area contributed by atoms with E-state index in [9.17, 15) is 25.1 Å². The Morgan fingerprint density at radius 3 is 2.67 bits per heavy atom. The van der Waals surface area contributed by atoms with Crippen molar-refractivity contribution >= 4 is 17.3 Å². The first-order chi connectivity index (χ1) is 12.8. The molecule has 0 fully saturated rings. The van der Waals surface area contributed by atoms with Gasteiger partial charge in [-0.3, -0.25) is 10.1 Å². The molecule has 0 aliphatic carbocycles. The van der Waals surface area contributed by atoms with Gasteiger partial charge in [0.05, 0.1) is 23.8 Å². The summed E-state index contributed by atoms with van der Waals surface area (Å²) >= 11 is 0. The summed E-state index contributed by atoms with van der Waals surface area (Å²) in [6, 6.07) is 9.19. The highest BCUT2D eigenvalue weighted by molar-refractivity contribution is 5.81. The number of benzene rings is 2. The number of phenols is 1. The third kappa shape index (κ3) is 3.13. The summed E-state index contributed by atoms with van der Waals surface area (Å²) in [5.74, 6) is -0.697. The second-order valence-corrected chi connectivity index (χ2v) is 6.26. The van der Waals surface area contributed by atoms with E-state index in [0.717, 1.165) is 0 Å². The Morgan fingerprint density at radius 2 is 2.04 bits per heavy atom. The fourth-order valence-electron chi connectivity index (χ4n) is 3.05. The van der Waals surface area contributed by atoms with Crippen molar-refractivity contribution in [1.29, 1.82) is 0 Å². The molecule has 9 nitrogen and oxygen atoms in total. The number of aromatic hydroxyl groups is 1. The molecule has 0 saturated heterocycles. The molecule has 1 aliphatic heterocycles. The number of nitrogens with zero attached hydrogens (tertiary/aromatic N) is 1. The van der Waals surface area contributed by atoms with Gasteiger partial charge in [-0.2, -0.15) is 0 Å². The molecule has 2 aromatic carbocycles. The molecule has 0 unspecified atom stereocenters. The van der Waals surface area contributed by atoms with E-state index in [2.05, 4.69) is 5.32 Å². The molecule has 3 rings (SSSR count). The summed E-state index contributed by atoms with van der Waals surface area (Å²) < 4.78 is 10.4. The van der Waals surface area contributed by atoms with Gasteiger partial charge in [-0.1, -0.05) is 12.1 Å². The van der Waals surface area contributed by atoms with Crippen LogP contribution < -0.4 is 10.1 Å². The Morgan fingerprint density at radius 1 is 1.33 bits per heavy atom. The van der Waals surface area contributed by atoms with Crippen molar-refractivity contribution in [3.8, 4) is 11.5 Å². The minimum atomic E-state index is -1.75. The van der Waals surface area contributed by atoms with Gasteiger partial charge in [0.2, 0.25) is 5.60 Å². The molecule has 9 heteroatoms. The third-order valence-corrected chi connectivity index (χ3v) is 4.55. The van der Waals surface area contributed by atoms with Crippen LogP contribution in [0.1, 0.15) is 18.5 Å². The first-order valence-electron chi connectivity index (χ1n) is 8.06. The van der Waals surface area contributed by atoms with Crippen molar-refractivity contribution < 1.29 is 29.4 Å². The van der Waals surface area contributed by atoms with Crippen molar-refractivity contribution in [2.24, 2.45) is 0 Å². The fraction of sp³-hybridized carbons (Fsp3) is 0.278. The van der Waals surface area contributed by atoms with E-state index < -0.39 is 28.6 Å². The van der Waals surface area contributed by atoms with Gasteiger partial charge in [0.25, 0.3) is 5.69 Å². The summed E-state index contributed by atoms with van der Waals surface area (Å²) in [4.78, 5) is 22.8. The number of nitro benzene ring substituents is 1. The third-order valence-electron chi connectivity index (χ3n) is 4.55. The van der Waals surface area contributed by atoms with Crippen molar-refractivity contribution in [3.05, 3.63) is 58.1 Å². The number of carbonyl (C=O) groups is 1. The quantitative estimate of drug-likeness (QED) is 0.321. The maximum absolute atomic E-state index is 12.3. The van der Waals surface area contributed by atoms with E-state index in [1.165, 1.54) is 38.3 Å². The lowest BCUT2D eigenvalue weighted by molar-refractivity contribution is -0.385. The first-order valence-corrected chi connectivity index (χ1v) is 8.06. The van der Waals surface area contributed by atoms with Crippen LogP contribution in [0.2, 0.25) is 0 Å². The van der Waals surface area contributed by atoms with Crippen molar-refractivity contribution in [2.75, 3.05) is 12.4 Å². The molecular formula is C18H18N2O7. The smallest absolute Gasteiger partial charge is 0.352 e. The van der Waals surface area contributed by atoms with Crippen LogP contribution in [0.5, 0.6) is 11.5 Å². The number of anilines is 1. The van der Waals surface area contributed by atoms with Crippen molar-refractivity contribution in [3.63, 3.8) is 0 Å². The summed E-state index contributed by atoms with van der Waals surface area (Å²) in [7, 11) is 1.17. The lowest BCUT2D eigenvalue weighted by Gasteiger charge is -2.42. The molecule has 27 heavy (non-hydrogen) atoms. The van der Waals surface area contributed by atoms with Crippen LogP contribution in [0.25, 0.3) is 0 Å². The number of aliphatic hydroxyl groups excluding tert-OH is 1. The minimum Gasteiger partial charge on any atom is -0.506 e. The average molecular weight is 374 g/mol. The molecule has 2 aromatic rings. The second-order valence-electron chi connectivity index (χ2n) is 6.26. The van der Waals surface area contributed by atoms with Crippen LogP contribution in [0.15, 0.2) is 42.5 Å². The second kappa shape index (κ2) is 6.76. The van der Waals surface area contributed by atoms with Crippen LogP contribution in [0, 0.1) is 10.1 Å². The summed E-state index contributed by atoms with van der Waals surface area (Å²) in [5.41, 5.74) is -1.38. The summed E-state index contributed by atoms with van der Waals surface area (Å²) in [6.07, 6.45) is -1.46. The fourth-order valence-corrected chi connectivity index (χ4v) is 3.05. The number of esters is 1. The average Bonchev–Trinajstić information content (AvgIpc) is 2.65. The number of hydrogen-bond donors (Lipinski definition) is 3. The zero-order valence-corrected chi connectivity index (χ0v) is 14.6. The number of fused-ring (bicyclic) bond motifs is 1. The molecule has 0 aromatic heterocycles. The molecule has 0 spiro atoms. The topological polar surface area (TPSA) is 131 Å². The molecule has 0 bridgehead atoms. The summed E-state index contributed by atoms with van der Waals surface area (Å²) in [6.45, 7) is 1.37. The molecular weight excluding hydrogens is 356 g/mol. The van der Waals surface area contributed by atoms with E-state index in [4.69, 9.17) is 9.47 Å². The molecule has 3 atom stereocenters. The number of nitrogens with one attached hydrogen (secondary N) is 1. The predicted octanol–water partition coefficient (Wildman–Crippen LogP) is 2.14. The predicted molar refractivity (Wildman–Crippen MR) is 94.6 cm³/mol. The molecule has 0 radical (unpaired) electrons. The maximum atomic E-state index is 12.3. The number of methoxy groups -OCH3 is 1. The molecule has 0 saturated carbocycles. The molecule has 142 valence electrons. The number of hydrogen-bond acceptors (Lipinski definition) is 8. The van der Waals surface area contributed by atoms with Gasteiger partial charge < -0.3 is 25.0 Å². The SMILES string of the molecule is COC(=O)[C@]1(C)Oc2ccc([N+](=O)[O-])cc2[C@H](Nc2ccccc2O)[C@H]1O. The lowest BCUT2D eigenvalue weighted by atomic mass is 9.84. The van der Waals surface area contributed by atoms with E-state index >= 15 is 0 Å². The van der Waals surface area contributed by atoms with Crippen LogP contribution >= 0.6 is 0 Å². The van der Waals surface area contributed by atoms with Gasteiger partial charge in [-0.15, -0.1) is 0 Å². The maximum Gasteiger partial charge on any atom is 0.352 e. The Bertz CT molecular complexity index is 901. The van der Waals surface area contributed by atoms with E-state index in [0.29, 0.717) is 0 Å². The van der Waals surface area contributed by atoms with E-state index in [-0.39, 0.29) is 28.4 Å². The number of nitro groups is 1. The van der Waals surface area contributed by atoms with Crippen molar-refractivity contribution in [1.82, 2.24) is 0 Å². The molecule has 1 aliphatic rings. The van der Waals surface area contributed by atoms with Crippen LogP contribution in [-0.2, 0) is 9.53 Å². The normalized spacial score (nSPS) is 23.7. The van der Waals surface area contributed by atoms with Crippen LogP contribution in [-0.4, -0.2) is 39.9 Å². The number of aliphatic hydroxyl groups is 1. The minimum absolute atomic E-state index is 0.0806. The van der Waals surface area contributed by atoms with Crippen molar-refractivity contribution in [2.45, 2.75) is 24.7 Å². The van der Waals surface area contributed by atoms with E-state index in [1.807, 2.05) is 0 Å². The van der Waals surface area contributed by atoms with Gasteiger partial charge >= 0.3 is 5.97 Å². The van der Waals surface area contributed by atoms with Gasteiger partial charge in [-0.25, -0.2) is 4.79 Å². The van der Waals surface area contributed by atoms with E-state index in [1.54, 1.807) is 18.2 Å². The largest absolute Gasteiger partial charge is 0.506 e. The standard InChI is InChI=1S/C18H18N2O7/c1-18(17(23)26-2)16(22)15(19-12-5-3-4-6-13(12)21)11-9-10(20(24)25)7-8-14(11)27-18/h3-9,15-16,19,21-22H,1-2H3/t15-,16+,18+/m0/s1. The zero-order valence-electron chi connectivity index (χ0n) is 14.6. The number of ether oxygens (including phenoxy) is 2. The van der Waals surface area contributed by atoms with Gasteiger partial charge in [0.1, 0.15) is 17.6 Å². The molecule has 1 heterocycles. The Hall–Kier alpha value is -3.33. The zero-order chi connectivity index (χ0) is 19.8. The van der Waals surface area contributed by atoms with Gasteiger partial charge in [-0.05, 0) is 25.1 Å². The molecule has 0 amide bonds.